The molecule has 1 N–H and O–H groups in total. The van der Waals surface area contributed by atoms with Gasteiger partial charge in [0.1, 0.15) is 5.82 Å². The minimum Gasteiger partial charge on any atom is -0.481 e. The lowest BCUT2D eigenvalue weighted by atomic mass is 9.74. The zero-order valence-corrected chi connectivity index (χ0v) is 13.3. The van der Waals surface area contributed by atoms with E-state index < -0.39 is 11.4 Å². The Labute approximate surface area is 138 Å². The second kappa shape index (κ2) is 5.27. The Kier molecular flexibility index (Phi) is 3.31. The molecule has 126 valence electrons. The molecule has 2 aliphatic heterocycles. The predicted molar refractivity (Wildman–Crippen MR) is 82.6 cm³/mol. The summed E-state index contributed by atoms with van der Waals surface area (Å²) in [6.07, 6.45) is 2.15. The number of carbonyl (C=O) groups is 2. The average Bonchev–Trinajstić information content (AvgIpc) is 3.16. The number of fused-ring (bicyclic) bond motifs is 2. The van der Waals surface area contributed by atoms with Crippen molar-refractivity contribution in [1.82, 2.24) is 19.5 Å². The number of ether oxygens (including phenoxy) is 1. The van der Waals surface area contributed by atoms with E-state index in [-0.39, 0.29) is 18.4 Å². The monoisotopic (exact) mass is 330 g/mol. The molecule has 8 heteroatoms. The number of likely N-dealkylation sites (tertiary alicyclic amines) is 1. The number of hydrogen-bond acceptors (Lipinski definition) is 5. The van der Waals surface area contributed by atoms with Crippen molar-refractivity contribution in [2.45, 2.75) is 13.3 Å². The van der Waals surface area contributed by atoms with Crippen LogP contribution < -0.4 is 0 Å². The maximum atomic E-state index is 12.9. The van der Waals surface area contributed by atoms with Gasteiger partial charge < -0.3 is 14.7 Å². The first-order valence-corrected chi connectivity index (χ1v) is 7.93. The van der Waals surface area contributed by atoms with Crippen molar-refractivity contribution >= 4 is 17.5 Å². The molecule has 2 aromatic heterocycles. The minimum absolute atomic E-state index is 0.159. The van der Waals surface area contributed by atoms with E-state index in [2.05, 4.69) is 10.2 Å². The number of aromatic nitrogens is 3. The van der Waals surface area contributed by atoms with Crippen LogP contribution in [0.25, 0.3) is 5.65 Å². The molecule has 0 saturated carbocycles. The normalized spacial score (nSPS) is 26.5. The lowest BCUT2D eigenvalue weighted by Gasteiger charge is -2.33. The third-order valence-corrected chi connectivity index (χ3v) is 5.24. The zero-order chi connectivity index (χ0) is 16.9. The molecule has 0 radical (unpaired) electrons. The third kappa shape index (κ3) is 2.10. The Morgan fingerprint density at radius 2 is 2.21 bits per heavy atom. The van der Waals surface area contributed by atoms with Crippen molar-refractivity contribution < 1.29 is 19.4 Å². The van der Waals surface area contributed by atoms with Crippen LogP contribution >= 0.6 is 0 Å². The van der Waals surface area contributed by atoms with E-state index in [1.54, 1.807) is 27.6 Å². The number of carboxylic acids is 1. The number of amides is 1. The van der Waals surface area contributed by atoms with Crippen molar-refractivity contribution in [3.8, 4) is 0 Å². The Balaban J connectivity index is 1.64. The van der Waals surface area contributed by atoms with E-state index in [1.165, 1.54) is 0 Å². The Morgan fingerprint density at radius 3 is 2.96 bits per heavy atom. The van der Waals surface area contributed by atoms with E-state index in [4.69, 9.17) is 4.74 Å². The first-order valence-electron chi connectivity index (χ1n) is 7.93. The molecule has 2 atom stereocenters. The maximum absolute atomic E-state index is 12.9. The Hall–Kier alpha value is -2.48. The highest BCUT2D eigenvalue weighted by Crippen LogP contribution is 2.42. The van der Waals surface area contributed by atoms with E-state index in [0.717, 1.165) is 0 Å². The van der Waals surface area contributed by atoms with Crippen LogP contribution in [0.15, 0.2) is 18.3 Å². The van der Waals surface area contributed by atoms with Crippen molar-refractivity contribution in [2.24, 2.45) is 11.3 Å². The first-order chi connectivity index (χ1) is 11.5. The van der Waals surface area contributed by atoms with Crippen molar-refractivity contribution in [1.29, 1.82) is 0 Å². The number of rotatable bonds is 2. The van der Waals surface area contributed by atoms with Gasteiger partial charge in [0.15, 0.2) is 5.65 Å². The molecule has 4 heterocycles. The van der Waals surface area contributed by atoms with Gasteiger partial charge in [-0.05, 0) is 25.5 Å². The van der Waals surface area contributed by atoms with Crippen LogP contribution in [0, 0.1) is 18.3 Å². The van der Waals surface area contributed by atoms with E-state index in [0.29, 0.717) is 43.2 Å². The fourth-order valence-corrected chi connectivity index (χ4v) is 3.77. The van der Waals surface area contributed by atoms with Gasteiger partial charge >= 0.3 is 5.97 Å². The number of pyridine rings is 1. The van der Waals surface area contributed by atoms with Crippen molar-refractivity contribution in [2.75, 3.05) is 26.3 Å². The highest BCUT2D eigenvalue weighted by Gasteiger charge is 2.54. The van der Waals surface area contributed by atoms with Crippen LogP contribution in [0.5, 0.6) is 0 Å². The number of aliphatic carboxylic acids is 1. The van der Waals surface area contributed by atoms with Gasteiger partial charge in [-0.3, -0.25) is 14.0 Å². The SMILES string of the molecule is Cc1nnc2ccc(C(=O)N3C[C@H]4COCC[C@@]4(C(=O)O)C3)cn12. The average molecular weight is 330 g/mol. The Bertz CT molecular complexity index is 833. The molecule has 0 spiro atoms. The molecule has 0 aliphatic carbocycles. The first kappa shape index (κ1) is 15.1. The number of carboxylic acid groups (broad SMARTS) is 1. The molecule has 4 rings (SSSR count). The van der Waals surface area contributed by atoms with Gasteiger partial charge in [0, 0.05) is 31.8 Å². The van der Waals surface area contributed by atoms with Gasteiger partial charge in [0.2, 0.25) is 0 Å². The lowest BCUT2D eigenvalue weighted by molar-refractivity contribution is -0.157. The standard InChI is InChI=1S/C16H18N4O4/c1-10-17-18-13-3-2-11(6-20(10)13)14(21)19-7-12-8-24-5-4-16(12,9-19)15(22)23/h2-3,6,12H,4-5,7-9H2,1H3,(H,22,23)/t12-,16+/m0/s1. The summed E-state index contributed by atoms with van der Waals surface area (Å²) in [5.74, 6) is -0.463. The minimum atomic E-state index is -0.884. The van der Waals surface area contributed by atoms with Gasteiger partial charge in [0.05, 0.1) is 17.6 Å². The molecule has 2 fully saturated rings. The summed E-state index contributed by atoms with van der Waals surface area (Å²) in [6.45, 7) is 3.27. The smallest absolute Gasteiger partial charge is 0.311 e. The second-order valence-corrected chi connectivity index (χ2v) is 6.56. The Morgan fingerprint density at radius 1 is 1.38 bits per heavy atom. The summed E-state index contributed by atoms with van der Waals surface area (Å²) in [6, 6.07) is 3.45. The maximum Gasteiger partial charge on any atom is 0.311 e. The van der Waals surface area contributed by atoms with Crippen LogP contribution in [0.4, 0.5) is 0 Å². The molecule has 2 aromatic rings. The zero-order valence-electron chi connectivity index (χ0n) is 13.3. The highest BCUT2D eigenvalue weighted by atomic mass is 16.5. The molecular weight excluding hydrogens is 312 g/mol. The summed E-state index contributed by atoms with van der Waals surface area (Å²) < 4.78 is 7.19. The van der Waals surface area contributed by atoms with Crippen LogP contribution in [0.2, 0.25) is 0 Å². The quantitative estimate of drug-likeness (QED) is 0.866. The molecule has 2 saturated heterocycles. The van der Waals surface area contributed by atoms with Gasteiger partial charge in [-0.2, -0.15) is 0 Å². The fourth-order valence-electron chi connectivity index (χ4n) is 3.77. The number of carbonyl (C=O) groups excluding carboxylic acids is 1. The summed E-state index contributed by atoms with van der Waals surface area (Å²) in [5, 5.41) is 17.7. The number of hydrogen-bond donors (Lipinski definition) is 1. The molecule has 2 aliphatic rings. The summed E-state index contributed by atoms with van der Waals surface area (Å²) >= 11 is 0. The van der Waals surface area contributed by atoms with E-state index in [1.807, 2.05) is 6.92 Å². The molecule has 0 unspecified atom stereocenters. The predicted octanol–water partition coefficient (Wildman–Crippen LogP) is 0.601. The summed E-state index contributed by atoms with van der Waals surface area (Å²) in [4.78, 5) is 26.3. The van der Waals surface area contributed by atoms with Crippen LogP contribution in [0.3, 0.4) is 0 Å². The van der Waals surface area contributed by atoms with Crippen LogP contribution in [0.1, 0.15) is 22.6 Å². The lowest BCUT2D eigenvalue weighted by Crippen LogP contribution is -2.45. The van der Waals surface area contributed by atoms with Crippen LogP contribution in [-0.4, -0.2) is 62.8 Å². The largest absolute Gasteiger partial charge is 0.481 e. The highest BCUT2D eigenvalue weighted by molar-refractivity contribution is 5.95. The molecule has 0 aromatic carbocycles. The second-order valence-electron chi connectivity index (χ2n) is 6.56. The molecule has 8 nitrogen and oxygen atoms in total. The van der Waals surface area contributed by atoms with Crippen molar-refractivity contribution in [3.05, 3.63) is 29.7 Å². The van der Waals surface area contributed by atoms with E-state index in [9.17, 15) is 14.7 Å². The van der Waals surface area contributed by atoms with E-state index >= 15 is 0 Å². The topological polar surface area (TPSA) is 97.0 Å². The summed E-state index contributed by atoms with van der Waals surface area (Å²) in [7, 11) is 0. The van der Waals surface area contributed by atoms with Gasteiger partial charge in [-0.1, -0.05) is 0 Å². The molecule has 0 bridgehead atoms. The van der Waals surface area contributed by atoms with Crippen molar-refractivity contribution in [3.63, 3.8) is 0 Å². The molecule has 1 amide bonds. The van der Waals surface area contributed by atoms with Gasteiger partial charge in [0.25, 0.3) is 5.91 Å². The van der Waals surface area contributed by atoms with Crippen LogP contribution in [-0.2, 0) is 9.53 Å². The molecule has 24 heavy (non-hydrogen) atoms. The third-order valence-electron chi connectivity index (χ3n) is 5.24. The number of aryl methyl sites for hydroxylation is 1. The number of nitrogens with zero attached hydrogens (tertiary/aromatic N) is 4. The summed E-state index contributed by atoms with van der Waals surface area (Å²) in [5.41, 5.74) is 0.296. The fraction of sp³-hybridized carbons (Fsp3) is 0.500. The van der Waals surface area contributed by atoms with Gasteiger partial charge in [-0.25, -0.2) is 0 Å². The van der Waals surface area contributed by atoms with Gasteiger partial charge in [-0.15, -0.1) is 10.2 Å². The molecular formula is C16H18N4O4.